The molecular formula is C27H26N2O4S. The number of rotatable bonds is 6. The van der Waals surface area contributed by atoms with Gasteiger partial charge in [-0.05, 0) is 81.3 Å². The van der Waals surface area contributed by atoms with Gasteiger partial charge in [0.1, 0.15) is 11.5 Å². The molecule has 1 amide bonds. The first-order valence-electron chi connectivity index (χ1n) is 10.9. The molecule has 7 heteroatoms. The molecule has 0 saturated carbocycles. The van der Waals surface area contributed by atoms with Crippen molar-refractivity contribution in [2.24, 2.45) is 0 Å². The lowest BCUT2D eigenvalue weighted by atomic mass is 10.1. The van der Waals surface area contributed by atoms with E-state index in [1.807, 2.05) is 39.0 Å². The number of hydrogen-bond donors (Lipinski definition) is 1. The monoisotopic (exact) mass is 474 g/mol. The van der Waals surface area contributed by atoms with Gasteiger partial charge in [0.05, 0.1) is 10.6 Å². The summed E-state index contributed by atoms with van der Waals surface area (Å²) in [7, 11) is -3.55. The van der Waals surface area contributed by atoms with Crippen LogP contribution >= 0.6 is 0 Å². The average Bonchev–Trinajstić information content (AvgIpc) is 3.16. The molecule has 1 aromatic heterocycles. The maximum Gasteiger partial charge on any atom is 0.255 e. The molecule has 6 nitrogen and oxygen atoms in total. The predicted octanol–water partition coefficient (Wildman–Crippen LogP) is 5.80. The van der Waals surface area contributed by atoms with E-state index in [4.69, 9.17) is 4.42 Å². The van der Waals surface area contributed by atoms with Crippen molar-refractivity contribution in [2.45, 2.75) is 38.3 Å². The van der Waals surface area contributed by atoms with Crippen molar-refractivity contribution in [3.63, 3.8) is 0 Å². The second-order valence-corrected chi connectivity index (χ2v) is 10.4. The largest absolute Gasteiger partial charge is 0.441 e. The zero-order chi connectivity index (χ0) is 24.5. The number of nitrogens with zero attached hydrogens (tertiary/aromatic N) is 1. The highest BCUT2D eigenvalue weighted by Crippen LogP contribution is 2.26. The van der Waals surface area contributed by atoms with Gasteiger partial charge >= 0.3 is 0 Å². The molecule has 0 atom stereocenters. The third-order valence-electron chi connectivity index (χ3n) is 5.63. The number of benzene rings is 3. The van der Waals surface area contributed by atoms with Gasteiger partial charge in [-0.2, -0.15) is 0 Å². The minimum absolute atomic E-state index is 0.214. The summed E-state index contributed by atoms with van der Waals surface area (Å²) >= 11 is 0. The summed E-state index contributed by atoms with van der Waals surface area (Å²) in [5.41, 5.74) is 5.34. The van der Waals surface area contributed by atoms with Gasteiger partial charge in [-0.1, -0.05) is 29.8 Å². The predicted molar refractivity (Wildman–Crippen MR) is 133 cm³/mol. The van der Waals surface area contributed by atoms with E-state index < -0.39 is 9.84 Å². The SMILES string of the molecule is Cc1ccc(S(=O)(=O)Cc2nc(-c3ccc(C(=O)Nc4cc(C)ccc4C)cc3)oc2C)cc1. The average molecular weight is 475 g/mol. The van der Waals surface area contributed by atoms with Crippen LogP contribution in [-0.4, -0.2) is 19.3 Å². The fraction of sp³-hybridized carbons (Fsp3) is 0.185. The Balaban J connectivity index is 1.51. The van der Waals surface area contributed by atoms with Crippen LogP contribution in [0.25, 0.3) is 11.5 Å². The molecule has 3 aromatic carbocycles. The van der Waals surface area contributed by atoms with Crippen molar-refractivity contribution in [3.05, 3.63) is 100 Å². The summed E-state index contributed by atoms with van der Waals surface area (Å²) in [6.45, 7) is 7.52. The van der Waals surface area contributed by atoms with Crippen LogP contribution in [0, 0.1) is 27.7 Å². The Kier molecular flexibility index (Phi) is 6.39. The summed E-state index contributed by atoms with van der Waals surface area (Å²) in [5.74, 6) is 0.297. The van der Waals surface area contributed by atoms with Crippen LogP contribution in [0.2, 0.25) is 0 Å². The van der Waals surface area contributed by atoms with Crippen LogP contribution in [0.4, 0.5) is 5.69 Å². The minimum atomic E-state index is -3.55. The Labute approximate surface area is 199 Å². The lowest BCUT2D eigenvalue weighted by Crippen LogP contribution is -2.12. The van der Waals surface area contributed by atoms with E-state index in [2.05, 4.69) is 10.3 Å². The van der Waals surface area contributed by atoms with E-state index in [1.165, 1.54) is 0 Å². The van der Waals surface area contributed by atoms with Gasteiger partial charge in [-0.25, -0.2) is 13.4 Å². The first-order valence-corrected chi connectivity index (χ1v) is 12.5. The molecule has 4 aromatic rings. The molecule has 34 heavy (non-hydrogen) atoms. The standard InChI is InChI=1S/C27H26N2O4S/c1-17-6-13-23(14-7-17)34(31,32)16-25-20(4)33-27(29-25)22-11-9-21(10-12-22)26(30)28-24-15-18(2)5-8-19(24)3/h5-15H,16H2,1-4H3,(H,28,30). The number of carbonyl (C=O) groups excluding carboxylic acids is 1. The molecule has 0 fully saturated rings. The van der Waals surface area contributed by atoms with Crippen LogP contribution in [-0.2, 0) is 15.6 Å². The third kappa shape index (κ3) is 5.10. The second kappa shape index (κ2) is 9.27. The minimum Gasteiger partial charge on any atom is -0.441 e. The number of aromatic nitrogens is 1. The Hall–Kier alpha value is -3.71. The first kappa shape index (κ1) is 23.4. The second-order valence-electron chi connectivity index (χ2n) is 8.44. The van der Waals surface area contributed by atoms with E-state index in [0.29, 0.717) is 28.5 Å². The van der Waals surface area contributed by atoms with Crippen LogP contribution in [0.5, 0.6) is 0 Å². The number of anilines is 1. The molecular weight excluding hydrogens is 448 g/mol. The molecule has 1 heterocycles. The van der Waals surface area contributed by atoms with Crippen molar-refractivity contribution >= 4 is 21.4 Å². The molecule has 0 unspecified atom stereocenters. The number of aryl methyl sites for hydroxylation is 4. The lowest BCUT2D eigenvalue weighted by molar-refractivity contribution is 0.102. The molecule has 174 valence electrons. The summed E-state index contributed by atoms with van der Waals surface area (Å²) in [6, 6.07) is 19.5. The fourth-order valence-corrected chi connectivity index (χ4v) is 4.87. The number of carbonyl (C=O) groups is 1. The van der Waals surface area contributed by atoms with Crippen LogP contribution in [0.1, 0.15) is 38.5 Å². The topological polar surface area (TPSA) is 89.3 Å². The maximum absolute atomic E-state index is 12.8. The molecule has 0 aliphatic rings. The molecule has 4 rings (SSSR count). The molecule has 0 bridgehead atoms. The summed E-state index contributed by atoms with van der Waals surface area (Å²) in [5, 5.41) is 2.94. The van der Waals surface area contributed by atoms with E-state index >= 15 is 0 Å². The molecule has 1 N–H and O–H groups in total. The van der Waals surface area contributed by atoms with E-state index in [9.17, 15) is 13.2 Å². The van der Waals surface area contributed by atoms with Gasteiger partial charge in [0.2, 0.25) is 5.89 Å². The highest BCUT2D eigenvalue weighted by Gasteiger charge is 2.21. The third-order valence-corrected chi connectivity index (χ3v) is 7.28. The molecule has 0 radical (unpaired) electrons. The zero-order valence-electron chi connectivity index (χ0n) is 19.5. The Bertz CT molecular complexity index is 1450. The molecule has 0 spiro atoms. The molecule has 0 saturated heterocycles. The zero-order valence-corrected chi connectivity index (χ0v) is 20.4. The van der Waals surface area contributed by atoms with Crippen LogP contribution < -0.4 is 5.32 Å². The van der Waals surface area contributed by atoms with Gasteiger partial charge in [-0.3, -0.25) is 4.79 Å². The Morgan fingerprint density at radius 2 is 1.53 bits per heavy atom. The van der Waals surface area contributed by atoms with Gasteiger partial charge < -0.3 is 9.73 Å². The number of sulfone groups is 1. The Morgan fingerprint density at radius 1 is 0.882 bits per heavy atom. The van der Waals surface area contributed by atoms with Crippen molar-refractivity contribution in [2.75, 3.05) is 5.32 Å². The van der Waals surface area contributed by atoms with Crippen molar-refractivity contribution in [1.29, 1.82) is 0 Å². The van der Waals surface area contributed by atoms with E-state index in [0.717, 1.165) is 22.4 Å². The van der Waals surface area contributed by atoms with Crippen LogP contribution in [0.3, 0.4) is 0 Å². The number of oxazole rings is 1. The smallest absolute Gasteiger partial charge is 0.255 e. The lowest BCUT2D eigenvalue weighted by Gasteiger charge is -2.09. The van der Waals surface area contributed by atoms with Gasteiger partial charge in [0, 0.05) is 16.8 Å². The van der Waals surface area contributed by atoms with Gasteiger partial charge in [0.15, 0.2) is 9.84 Å². The van der Waals surface area contributed by atoms with Crippen LogP contribution in [0.15, 0.2) is 76.0 Å². The summed E-state index contributed by atoms with van der Waals surface area (Å²) < 4.78 is 31.3. The number of nitrogens with one attached hydrogen (secondary N) is 1. The fourth-order valence-electron chi connectivity index (χ4n) is 3.52. The molecule has 0 aliphatic heterocycles. The molecule has 0 aliphatic carbocycles. The van der Waals surface area contributed by atoms with Crippen molar-refractivity contribution < 1.29 is 17.6 Å². The Morgan fingerprint density at radius 3 is 2.21 bits per heavy atom. The van der Waals surface area contributed by atoms with Crippen molar-refractivity contribution in [1.82, 2.24) is 4.98 Å². The highest BCUT2D eigenvalue weighted by molar-refractivity contribution is 7.90. The summed E-state index contributed by atoms with van der Waals surface area (Å²) in [4.78, 5) is 17.4. The number of hydrogen-bond acceptors (Lipinski definition) is 5. The van der Waals surface area contributed by atoms with E-state index in [1.54, 1.807) is 55.5 Å². The number of amides is 1. The highest BCUT2D eigenvalue weighted by atomic mass is 32.2. The quantitative estimate of drug-likeness (QED) is 0.381. The van der Waals surface area contributed by atoms with Gasteiger partial charge in [0.25, 0.3) is 5.91 Å². The van der Waals surface area contributed by atoms with Gasteiger partial charge in [-0.15, -0.1) is 0 Å². The normalized spacial score (nSPS) is 11.4. The summed E-state index contributed by atoms with van der Waals surface area (Å²) in [6.07, 6.45) is 0. The van der Waals surface area contributed by atoms with E-state index in [-0.39, 0.29) is 16.6 Å². The first-order chi connectivity index (χ1) is 16.1. The maximum atomic E-state index is 12.8. The van der Waals surface area contributed by atoms with Crippen molar-refractivity contribution in [3.8, 4) is 11.5 Å².